The fourth-order valence-corrected chi connectivity index (χ4v) is 3.51. The third kappa shape index (κ3) is 4.20. The van der Waals surface area contributed by atoms with Crippen LogP contribution in [0.4, 0.5) is 0 Å². The Hall–Kier alpha value is -3.07. The van der Waals surface area contributed by atoms with E-state index in [-0.39, 0.29) is 0 Å². The van der Waals surface area contributed by atoms with Crippen LogP contribution < -0.4 is 10.1 Å². The number of rotatable bonds is 5. The van der Waals surface area contributed by atoms with Gasteiger partial charge in [-0.25, -0.2) is 0 Å². The van der Waals surface area contributed by atoms with Gasteiger partial charge in [-0.05, 0) is 41.7 Å². The van der Waals surface area contributed by atoms with Gasteiger partial charge in [0.2, 0.25) is 0 Å². The molecule has 0 amide bonds. The molecule has 0 spiro atoms. The zero-order valence-electron chi connectivity index (χ0n) is 15.6. The lowest BCUT2D eigenvalue weighted by molar-refractivity contribution is 0.414. The predicted molar refractivity (Wildman–Crippen MR) is 111 cm³/mol. The van der Waals surface area contributed by atoms with Crippen LogP contribution in [0.25, 0.3) is 0 Å². The Morgan fingerprint density at radius 1 is 0.926 bits per heavy atom. The molecule has 0 saturated carbocycles. The monoisotopic (exact) mass is 356 g/mol. The van der Waals surface area contributed by atoms with Gasteiger partial charge in [-0.3, -0.25) is 4.99 Å². The van der Waals surface area contributed by atoms with Gasteiger partial charge in [-0.1, -0.05) is 66.7 Å². The van der Waals surface area contributed by atoms with E-state index in [2.05, 4.69) is 71.0 Å². The number of hydrogen-bond acceptors (Lipinski definition) is 3. The summed E-state index contributed by atoms with van der Waals surface area (Å²) >= 11 is 0. The first-order chi connectivity index (χ1) is 13.3. The van der Waals surface area contributed by atoms with Crippen LogP contribution >= 0.6 is 0 Å². The molecular weight excluding hydrogens is 332 g/mol. The molecule has 0 bridgehead atoms. The van der Waals surface area contributed by atoms with Gasteiger partial charge >= 0.3 is 0 Å². The highest BCUT2D eigenvalue weighted by atomic mass is 16.5. The number of methoxy groups -OCH3 is 1. The number of ether oxygens (including phenoxy) is 1. The average Bonchev–Trinajstić information content (AvgIpc) is 2.75. The molecule has 1 atom stereocenters. The minimum absolute atomic E-state index is 0.300. The molecule has 0 aliphatic carbocycles. The van der Waals surface area contributed by atoms with E-state index in [1.807, 2.05) is 18.2 Å². The molecule has 0 aromatic heterocycles. The third-order valence-electron chi connectivity index (χ3n) is 4.97. The summed E-state index contributed by atoms with van der Waals surface area (Å²) in [6.45, 7) is 0.852. The molecular formula is C24H24N2O. The number of nitrogens with zero attached hydrogens (tertiary/aromatic N) is 1. The summed E-state index contributed by atoms with van der Waals surface area (Å²) in [4.78, 5) is 4.68. The molecule has 4 rings (SSSR count). The lowest BCUT2D eigenvalue weighted by Crippen LogP contribution is -2.33. The maximum atomic E-state index is 5.24. The van der Waals surface area contributed by atoms with Crippen molar-refractivity contribution in [3.8, 4) is 5.75 Å². The number of amidine groups is 1. The van der Waals surface area contributed by atoms with E-state index < -0.39 is 0 Å². The second-order valence-corrected chi connectivity index (χ2v) is 6.85. The first kappa shape index (κ1) is 17.3. The summed E-state index contributed by atoms with van der Waals surface area (Å²) < 4.78 is 5.24. The highest BCUT2D eigenvalue weighted by Gasteiger charge is 2.18. The Morgan fingerprint density at radius 2 is 1.74 bits per heavy atom. The number of benzene rings is 3. The molecule has 1 N–H and O–H groups in total. The molecule has 3 nitrogen and oxygen atoms in total. The van der Waals surface area contributed by atoms with Gasteiger partial charge in [0.05, 0.1) is 13.2 Å². The largest absolute Gasteiger partial charge is 0.497 e. The van der Waals surface area contributed by atoms with Crippen LogP contribution in [-0.4, -0.2) is 19.5 Å². The van der Waals surface area contributed by atoms with E-state index in [4.69, 9.17) is 4.74 Å². The average molecular weight is 356 g/mol. The van der Waals surface area contributed by atoms with Gasteiger partial charge in [-0.2, -0.15) is 0 Å². The quantitative estimate of drug-likeness (QED) is 0.715. The van der Waals surface area contributed by atoms with Gasteiger partial charge in [-0.15, -0.1) is 0 Å². The van der Waals surface area contributed by atoms with E-state index in [0.29, 0.717) is 6.04 Å². The summed E-state index contributed by atoms with van der Waals surface area (Å²) in [6.07, 6.45) is 1.94. The summed E-state index contributed by atoms with van der Waals surface area (Å²) in [5.74, 6) is 1.89. The smallest absolute Gasteiger partial charge is 0.128 e. The molecule has 3 heteroatoms. The van der Waals surface area contributed by atoms with Gasteiger partial charge in [0, 0.05) is 12.1 Å². The van der Waals surface area contributed by atoms with E-state index in [9.17, 15) is 0 Å². The van der Waals surface area contributed by atoms with Crippen molar-refractivity contribution in [3.05, 3.63) is 101 Å². The Morgan fingerprint density at radius 3 is 2.52 bits per heavy atom. The Bertz CT molecular complexity index is 917. The van der Waals surface area contributed by atoms with Crippen molar-refractivity contribution in [1.82, 2.24) is 5.32 Å². The van der Waals surface area contributed by atoms with Gasteiger partial charge < -0.3 is 10.1 Å². The topological polar surface area (TPSA) is 33.6 Å². The zero-order chi connectivity index (χ0) is 18.5. The Balaban J connectivity index is 1.49. The minimum Gasteiger partial charge on any atom is -0.497 e. The summed E-state index contributed by atoms with van der Waals surface area (Å²) in [7, 11) is 1.70. The lowest BCUT2D eigenvalue weighted by Gasteiger charge is -2.25. The SMILES string of the molecule is COc1ccc(Cc2cccc(C3CCN=C(c4ccccc4)N3)c2)cc1. The summed E-state index contributed by atoms with van der Waals surface area (Å²) in [5.41, 5.74) is 5.08. The van der Waals surface area contributed by atoms with Crippen LogP contribution in [0.5, 0.6) is 5.75 Å². The first-order valence-electron chi connectivity index (χ1n) is 9.40. The van der Waals surface area contributed by atoms with Crippen LogP contribution in [0.15, 0.2) is 83.9 Å². The fraction of sp³-hybridized carbons (Fsp3) is 0.208. The molecule has 1 unspecified atom stereocenters. The normalized spacial score (nSPS) is 16.3. The van der Waals surface area contributed by atoms with E-state index in [1.165, 1.54) is 16.7 Å². The maximum Gasteiger partial charge on any atom is 0.128 e. The van der Waals surface area contributed by atoms with Crippen LogP contribution in [0.3, 0.4) is 0 Å². The van der Waals surface area contributed by atoms with Gasteiger partial charge in [0.1, 0.15) is 11.6 Å². The Kier molecular flexibility index (Phi) is 5.20. The highest BCUT2D eigenvalue weighted by molar-refractivity contribution is 5.99. The lowest BCUT2D eigenvalue weighted by atomic mass is 9.97. The van der Waals surface area contributed by atoms with Crippen molar-refractivity contribution in [2.45, 2.75) is 18.9 Å². The van der Waals surface area contributed by atoms with Crippen LogP contribution in [0.1, 0.15) is 34.7 Å². The molecule has 0 fully saturated rings. The second-order valence-electron chi connectivity index (χ2n) is 6.85. The fourth-order valence-electron chi connectivity index (χ4n) is 3.51. The van der Waals surface area contributed by atoms with Crippen molar-refractivity contribution >= 4 is 5.84 Å². The molecule has 0 saturated heterocycles. The van der Waals surface area contributed by atoms with Crippen LogP contribution in [0, 0.1) is 0 Å². The van der Waals surface area contributed by atoms with Crippen LogP contribution in [0.2, 0.25) is 0 Å². The number of aliphatic imine (C=N–C) groups is 1. The maximum absolute atomic E-state index is 5.24. The second kappa shape index (κ2) is 8.09. The summed E-state index contributed by atoms with van der Waals surface area (Å²) in [6, 6.07) is 27.8. The van der Waals surface area contributed by atoms with E-state index in [0.717, 1.165) is 36.5 Å². The van der Waals surface area contributed by atoms with Gasteiger partial charge in [0.15, 0.2) is 0 Å². The molecule has 1 aliphatic rings. The van der Waals surface area contributed by atoms with Crippen molar-refractivity contribution in [2.75, 3.05) is 13.7 Å². The van der Waals surface area contributed by atoms with Crippen molar-refractivity contribution in [3.63, 3.8) is 0 Å². The number of hydrogen-bond donors (Lipinski definition) is 1. The molecule has 3 aromatic carbocycles. The van der Waals surface area contributed by atoms with Crippen molar-refractivity contribution in [1.29, 1.82) is 0 Å². The molecule has 3 aromatic rings. The Labute approximate surface area is 160 Å². The highest BCUT2D eigenvalue weighted by Crippen LogP contribution is 2.23. The summed E-state index contributed by atoms with van der Waals surface area (Å²) in [5, 5.41) is 3.63. The van der Waals surface area contributed by atoms with Gasteiger partial charge in [0.25, 0.3) is 0 Å². The third-order valence-corrected chi connectivity index (χ3v) is 4.97. The predicted octanol–water partition coefficient (Wildman–Crippen LogP) is 4.77. The first-order valence-corrected chi connectivity index (χ1v) is 9.40. The van der Waals surface area contributed by atoms with Crippen molar-refractivity contribution in [2.24, 2.45) is 4.99 Å². The van der Waals surface area contributed by atoms with Crippen molar-refractivity contribution < 1.29 is 4.74 Å². The molecule has 136 valence electrons. The minimum atomic E-state index is 0.300. The van der Waals surface area contributed by atoms with E-state index >= 15 is 0 Å². The molecule has 1 aliphatic heterocycles. The molecule has 27 heavy (non-hydrogen) atoms. The molecule has 1 heterocycles. The number of nitrogens with one attached hydrogen (secondary N) is 1. The van der Waals surface area contributed by atoms with E-state index in [1.54, 1.807) is 7.11 Å². The standard InChI is InChI=1S/C24H24N2O/c1-27-22-12-10-18(11-13-22)16-19-6-5-9-21(17-19)23-14-15-25-24(26-23)20-7-3-2-4-8-20/h2-13,17,23H,14-16H2,1H3,(H,25,26). The molecule has 0 radical (unpaired) electrons. The zero-order valence-corrected chi connectivity index (χ0v) is 15.6. The van der Waals surface area contributed by atoms with Crippen LogP contribution in [-0.2, 0) is 6.42 Å².